The van der Waals surface area contributed by atoms with E-state index in [1.807, 2.05) is 24.9 Å². The van der Waals surface area contributed by atoms with E-state index in [1.54, 1.807) is 0 Å². The average Bonchev–Trinajstić information content (AvgIpc) is 2.54. The van der Waals surface area contributed by atoms with Crippen LogP contribution in [0, 0.1) is 0 Å². The van der Waals surface area contributed by atoms with E-state index < -0.39 is 0 Å². The van der Waals surface area contributed by atoms with Crippen molar-refractivity contribution in [2.75, 3.05) is 25.6 Å². The highest BCUT2D eigenvalue weighted by atomic mass is 32.2. The smallest absolute Gasteiger partial charge is 0.191 e. The molecule has 0 spiro atoms. The summed E-state index contributed by atoms with van der Waals surface area (Å²) in [7, 11) is 1.81. The molecule has 4 nitrogen and oxygen atoms in total. The third-order valence-electron chi connectivity index (χ3n) is 4.06. The lowest BCUT2D eigenvalue weighted by atomic mass is 9.96. The summed E-state index contributed by atoms with van der Waals surface area (Å²) in [6.45, 7) is 1.69. The van der Waals surface area contributed by atoms with Crippen molar-refractivity contribution < 1.29 is 4.74 Å². The fraction of sp³-hybridized carbons (Fsp3) is 0.611. The van der Waals surface area contributed by atoms with Crippen LogP contribution < -0.4 is 15.4 Å². The van der Waals surface area contributed by atoms with E-state index in [1.165, 1.54) is 43.4 Å². The lowest BCUT2D eigenvalue weighted by Gasteiger charge is -2.27. The van der Waals surface area contributed by atoms with Crippen LogP contribution in [0.3, 0.4) is 0 Å². The molecule has 0 atom stereocenters. The number of ether oxygens (including phenoxy) is 1. The Morgan fingerprint density at radius 2 is 2.09 bits per heavy atom. The van der Waals surface area contributed by atoms with Crippen LogP contribution >= 0.6 is 11.8 Å². The highest BCUT2D eigenvalue weighted by molar-refractivity contribution is 7.98. The third kappa shape index (κ3) is 6.34. The molecule has 2 N–H and O–H groups in total. The standard InChI is InChI=1S/C18H29N3OS/c1-19-18(20-12-5-6-13-23-2)21-14-15-8-3-4-11-17(15)22-16-9-7-10-16/h3-4,8,11,16H,5-7,9-10,12-14H2,1-2H3,(H2,19,20,21). The maximum absolute atomic E-state index is 6.07. The highest BCUT2D eigenvalue weighted by Gasteiger charge is 2.20. The lowest BCUT2D eigenvalue weighted by molar-refractivity contribution is 0.119. The van der Waals surface area contributed by atoms with Crippen molar-refractivity contribution in [3.05, 3.63) is 29.8 Å². The molecular weight excluding hydrogens is 306 g/mol. The minimum absolute atomic E-state index is 0.407. The molecule has 5 heteroatoms. The van der Waals surface area contributed by atoms with Gasteiger partial charge in [-0.15, -0.1) is 0 Å². The van der Waals surface area contributed by atoms with Crippen molar-refractivity contribution in [1.29, 1.82) is 0 Å². The Morgan fingerprint density at radius 3 is 2.78 bits per heavy atom. The number of rotatable bonds is 9. The second-order valence-corrected chi connectivity index (χ2v) is 6.82. The van der Waals surface area contributed by atoms with Crippen LogP contribution in [0.25, 0.3) is 0 Å². The van der Waals surface area contributed by atoms with Gasteiger partial charge < -0.3 is 15.4 Å². The molecule has 1 aliphatic rings. The van der Waals surface area contributed by atoms with E-state index in [-0.39, 0.29) is 0 Å². The normalized spacial score (nSPS) is 15.1. The van der Waals surface area contributed by atoms with Gasteiger partial charge >= 0.3 is 0 Å². The molecule has 1 fully saturated rings. The summed E-state index contributed by atoms with van der Waals surface area (Å²) in [5.41, 5.74) is 1.18. The van der Waals surface area contributed by atoms with E-state index in [4.69, 9.17) is 4.74 Å². The topological polar surface area (TPSA) is 45.7 Å². The van der Waals surface area contributed by atoms with Crippen molar-refractivity contribution in [2.24, 2.45) is 4.99 Å². The van der Waals surface area contributed by atoms with Crippen molar-refractivity contribution in [1.82, 2.24) is 10.6 Å². The SMILES string of the molecule is CN=C(NCCCCSC)NCc1ccccc1OC1CCC1. The number of unbranched alkanes of at least 4 members (excludes halogenated alkanes) is 1. The third-order valence-corrected chi connectivity index (χ3v) is 4.75. The Hall–Kier alpha value is -1.36. The van der Waals surface area contributed by atoms with Crippen molar-refractivity contribution in [3.8, 4) is 5.75 Å². The number of guanidine groups is 1. The summed E-state index contributed by atoms with van der Waals surface area (Å²) in [5.74, 6) is 3.08. The Kier molecular flexibility index (Phi) is 8.15. The zero-order chi connectivity index (χ0) is 16.3. The van der Waals surface area contributed by atoms with Gasteiger partial charge in [0.05, 0.1) is 6.10 Å². The monoisotopic (exact) mass is 335 g/mol. The molecule has 1 aliphatic carbocycles. The van der Waals surface area contributed by atoms with E-state index in [0.29, 0.717) is 6.10 Å². The Balaban J connectivity index is 1.77. The number of benzene rings is 1. The van der Waals surface area contributed by atoms with Gasteiger partial charge in [-0.25, -0.2) is 0 Å². The molecular formula is C18H29N3OS. The molecule has 1 aromatic rings. The van der Waals surface area contributed by atoms with Gasteiger partial charge in [0.25, 0.3) is 0 Å². The maximum Gasteiger partial charge on any atom is 0.191 e. The van der Waals surface area contributed by atoms with Gasteiger partial charge in [-0.05, 0) is 50.2 Å². The molecule has 0 saturated heterocycles. The molecule has 0 unspecified atom stereocenters. The second kappa shape index (κ2) is 10.4. The van der Waals surface area contributed by atoms with Crippen LogP contribution in [0.5, 0.6) is 5.75 Å². The maximum atomic E-state index is 6.07. The molecule has 23 heavy (non-hydrogen) atoms. The van der Waals surface area contributed by atoms with Crippen LogP contribution in [-0.2, 0) is 6.54 Å². The summed E-state index contributed by atoms with van der Waals surface area (Å²) in [5, 5.41) is 6.75. The zero-order valence-corrected chi connectivity index (χ0v) is 15.1. The van der Waals surface area contributed by atoms with E-state index >= 15 is 0 Å². The van der Waals surface area contributed by atoms with Gasteiger partial charge in [-0.1, -0.05) is 18.2 Å². The number of nitrogens with zero attached hydrogens (tertiary/aromatic N) is 1. The highest BCUT2D eigenvalue weighted by Crippen LogP contribution is 2.27. The summed E-state index contributed by atoms with van der Waals surface area (Å²) in [4.78, 5) is 4.29. The molecule has 0 radical (unpaired) electrons. The van der Waals surface area contributed by atoms with Gasteiger partial charge in [0.1, 0.15) is 5.75 Å². The molecule has 0 aliphatic heterocycles. The predicted molar refractivity (Wildman–Crippen MR) is 101 cm³/mol. The molecule has 0 bridgehead atoms. The summed E-state index contributed by atoms with van der Waals surface area (Å²) in [6.07, 6.45) is 8.62. The molecule has 128 valence electrons. The van der Waals surface area contributed by atoms with Gasteiger partial charge in [-0.2, -0.15) is 11.8 Å². The van der Waals surface area contributed by atoms with Gasteiger partial charge in [0.2, 0.25) is 0 Å². The largest absolute Gasteiger partial charge is 0.490 e. The Morgan fingerprint density at radius 1 is 1.26 bits per heavy atom. The first-order valence-electron chi connectivity index (χ1n) is 8.51. The van der Waals surface area contributed by atoms with Crippen molar-refractivity contribution in [2.45, 2.75) is 44.8 Å². The molecule has 0 aromatic heterocycles. The number of para-hydroxylation sites is 1. The summed E-state index contributed by atoms with van der Waals surface area (Å²) >= 11 is 1.90. The van der Waals surface area contributed by atoms with Crippen LogP contribution in [-0.4, -0.2) is 37.7 Å². The van der Waals surface area contributed by atoms with Crippen LogP contribution in [0.4, 0.5) is 0 Å². The fourth-order valence-corrected chi connectivity index (χ4v) is 2.90. The number of aliphatic imine (C=N–C) groups is 1. The van der Waals surface area contributed by atoms with E-state index in [2.05, 4.69) is 40.1 Å². The van der Waals surface area contributed by atoms with Gasteiger partial charge in [-0.3, -0.25) is 4.99 Å². The first kappa shape index (κ1) is 18.0. The molecule has 0 amide bonds. The number of thioether (sulfide) groups is 1. The molecule has 1 saturated carbocycles. The lowest BCUT2D eigenvalue weighted by Crippen LogP contribution is -2.37. The number of nitrogens with one attached hydrogen (secondary N) is 2. The fourth-order valence-electron chi connectivity index (χ4n) is 2.41. The predicted octanol–water partition coefficient (Wildman–Crippen LogP) is 3.43. The van der Waals surface area contributed by atoms with Gasteiger partial charge in [0.15, 0.2) is 5.96 Å². The Bertz CT molecular complexity index is 489. The first-order valence-corrected chi connectivity index (χ1v) is 9.91. The minimum atomic E-state index is 0.407. The van der Waals surface area contributed by atoms with Crippen LogP contribution in [0.1, 0.15) is 37.7 Å². The first-order chi connectivity index (χ1) is 11.3. The number of hydrogen-bond donors (Lipinski definition) is 2. The number of hydrogen-bond acceptors (Lipinski definition) is 3. The molecule has 0 heterocycles. The quantitative estimate of drug-likeness (QED) is 0.412. The molecule has 1 aromatic carbocycles. The van der Waals surface area contributed by atoms with E-state index in [9.17, 15) is 0 Å². The zero-order valence-electron chi connectivity index (χ0n) is 14.3. The molecule has 2 rings (SSSR count). The average molecular weight is 336 g/mol. The van der Waals surface area contributed by atoms with Crippen molar-refractivity contribution in [3.63, 3.8) is 0 Å². The Labute approximate surface area is 144 Å². The summed E-state index contributed by atoms with van der Waals surface area (Å²) < 4.78 is 6.07. The van der Waals surface area contributed by atoms with Gasteiger partial charge in [0, 0.05) is 25.7 Å². The van der Waals surface area contributed by atoms with E-state index in [0.717, 1.165) is 24.8 Å². The minimum Gasteiger partial charge on any atom is -0.490 e. The van der Waals surface area contributed by atoms with Crippen LogP contribution in [0.15, 0.2) is 29.3 Å². The van der Waals surface area contributed by atoms with Crippen molar-refractivity contribution >= 4 is 17.7 Å². The van der Waals surface area contributed by atoms with Crippen LogP contribution in [0.2, 0.25) is 0 Å². The second-order valence-electron chi connectivity index (χ2n) is 5.83. The summed E-state index contributed by atoms with van der Waals surface area (Å²) in [6, 6.07) is 8.28.